The van der Waals surface area contributed by atoms with Crippen LogP contribution >= 0.6 is 0 Å². The normalized spacial score (nSPS) is 15.3. The highest BCUT2D eigenvalue weighted by molar-refractivity contribution is 6.17. The molecule has 0 amide bonds. The molecule has 0 unspecified atom stereocenters. The monoisotopic (exact) mass is 204 g/mol. The van der Waals surface area contributed by atoms with Gasteiger partial charge in [-0.25, -0.2) is 4.79 Å². The minimum atomic E-state index is -0.568. The second-order valence-electron chi connectivity index (χ2n) is 2.51. The predicted octanol–water partition coefficient (Wildman–Crippen LogP) is 0.158. The first-order valence-electron chi connectivity index (χ1n) is 4.04. The lowest BCUT2D eigenvalue weighted by Crippen LogP contribution is -2.11. The zero-order valence-corrected chi connectivity index (χ0v) is 9.75. The molecule has 0 radical (unpaired) electrons. The first kappa shape index (κ1) is 12.3. The fourth-order valence-corrected chi connectivity index (χ4v) is 0.978. The van der Waals surface area contributed by atoms with Gasteiger partial charge in [0, 0.05) is 26.2 Å². The first-order valence-corrected chi connectivity index (χ1v) is 5.19. The van der Waals surface area contributed by atoms with Crippen molar-refractivity contribution in [3.63, 3.8) is 0 Å². The molecule has 0 saturated carbocycles. The van der Waals surface area contributed by atoms with Gasteiger partial charge in [0.25, 0.3) is 0 Å². The van der Waals surface area contributed by atoms with Crippen molar-refractivity contribution in [1.29, 1.82) is 0 Å². The van der Waals surface area contributed by atoms with E-state index in [4.69, 9.17) is 0 Å². The molecule has 0 bridgehead atoms. The predicted molar refractivity (Wildman–Crippen MR) is 51.9 cm³/mol. The third-order valence-corrected chi connectivity index (χ3v) is 1.83. The number of carbonyl (C=O) groups excluding carboxylic acids is 1. The Hall–Kier alpha value is -0.653. The van der Waals surface area contributed by atoms with Crippen LogP contribution in [0.15, 0.2) is 11.6 Å². The summed E-state index contributed by atoms with van der Waals surface area (Å²) in [6, 6.07) is 0. The standard InChI is InChI=1S/C6H8O2.C2H8O2Si/c1-5-3-2-4-8-6(5)7;1-3-5-4-2/h3H,2,4H2,1H3;5H2,1-2H3. The molecule has 0 aromatic rings. The van der Waals surface area contributed by atoms with Crippen molar-refractivity contribution >= 4 is 16.0 Å². The van der Waals surface area contributed by atoms with Gasteiger partial charge in [-0.05, 0) is 6.92 Å². The molecule has 13 heavy (non-hydrogen) atoms. The van der Waals surface area contributed by atoms with Gasteiger partial charge in [0.1, 0.15) is 0 Å². The third-order valence-electron chi connectivity index (χ3n) is 1.36. The first-order chi connectivity index (χ1) is 6.22. The minimum absolute atomic E-state index is 0.170. The number of cyclic esters (lactones) is 1. The van der Waals surface area contributed by atoms with Gasteiger partial charge < -0.3 is 13.6 Å². The molecule has 0 N–H and O–H groups in total. The van der Waals surface area contributed by atoms with Crippen LogP contribution in [-0.2, 0) is 18.4 Å². The van der Waals surface area contributed by atoms with Gasteiger partial charge in [-0.3, -0.25) is 0 Å². The molecule has 1 aliphatic rings. The second-order valence-corrected chi connectivity index (χ2v) is 3.90. The molecule has 0 fully saturated rings. The van der Waals surface area contributed by atoms with Gasteiger partial charge in [0.15, 0.2) is 0 Å². The lowest BCUT2D eigenvalue weighted by molar-refractivity contribution is -0.139. The maximum Gasteiger partial charge on any atom is 0.333 e. The molecule has 0 atom stereocenters. The molecular formula is C8H16O4Si. The van der Waals surface area contributed by atoms with Gasteiger partial charge in [-0.2, -0.15) is 0 Å². The molecule has 5 heteroatoms. The lowest BCUT2D eigenvalue weighted by atomic mass is 10.2. The molecule has 1 aliphatic heterocycles. The van der Waals surface area contributed by atoms with Crippen LogP contribution in [-0.4, -0.2) is 36.8 Å². The van der Waals surface area contributed by atoms with E-state index in [1.54, 1.807) is 21.1 Å². The van der Waals surface area contributed by atoms with Crippen LogP contribution in [0.1, 0.15) is 13.3 Å². The molecular weight excluding hydrogens is 188 g/mol. The zero-order valence-electron chi connectivity index (χ0n) is 8.33. The largest absolute Gasteiger partial charge is 0.462 e. The van der Waals surface area contributed by atoms with E-state index in [-0.39, 0.29) is 5.97 Å². The number of hydrogen-bond donors (Lipinski definition) is 0. The smallest absolute Gasteiger partial charge is 0.333 e. The molecule has 4 nitrogen and oxygen atoms in total. The van der Waals surface area contributed by atoms with Crippen molar-refractivity contribution in [2.45, 2.75) is 13.3 Å². The Balaban J connectivity index is 0.000000252. The van der Waals surface area contributed by atoms with E-state index >= 15 is 0 Å². The number of carbonyl (C=O) groups is 1. The molecule has 76 valence electrons. The number of hydrogen-bond acceptors (Lipinski definition) is 4. The Morgan fingerprint density at radius 3 is 2.31 bits per heavy atom. The Morgan fingerprint density at radius 2 is 2.08 bits per heavy atom. The van der Waals surface area contributed by atoms with Crippen LogP contribution in [0.3, 0.4) is 0 Å². The Kier molecular flexibility index (Phi) is 7.57. The summed E-state index contributed by atoms with van der Waals surface area (Å²) in [5, 5.41) is 0. The summed E-state index contributed by atoms with van der Waals surface area (Å²) < 4.78 is 13.9. The molecule has 0 aromatic heterocycles. The Labute approximate surface area is 80.9 Å². The highest BCUT2D eigenvalue weighted by Crippen LogP contribution is 2.04. The van der Waals surface area contributed by atoms with Crippen molar-refractivity contribution in [2.24, 2.45) is 0 Å². The van der Waals surface area contributed by atoms with Crippen LogP contribution in [0.25, 0.3) is 0 Å². The van der Waals surface area contributed by atoms with E-state index < -0.39 is 10.0 Å². The van der Waals surface area contributed by atoms with Gasteiger partial charge in [-0.1, -0.05) is 6.08 Å². The van der Waals surface area contributed by atoms with E-state index in [1.807, 2.05) is 6.08 Å². The number of ether oxygens (including phenoxy) is 1. The fraction of sp³-hybridized carbons (Fsp3) is 0.625. The summed E-state index contributed by atoms with van der Waals surface area (Å²) in [7, 11) is 2.73. The van der Waals surface area contributed by atoms with Crippen molar-refractivity contribution in [1.82, 2.24) is 0 Å². The summed E-state index contributed by atoms with van der Waals surface area (Å²) >= 11 is 0. The summed E-state index contributed by atoms with van der Waals surface area (Å²) in [4.78, 5) is 10.5. The molecule has 0 spiro atoms. The van der Waals surface area contributed by atoms with Gasteiger partial charge >= 0.3 is 16.0 Å². The zero-order chi connectivity index (χ0) is 10.1. The maximum atomic E-state index is 10.5. The topological polar surface area (TPSA) is 44.8 Å². The summed E-state index contributed by atoms with van der Waals surface area (Å²) in [5.74, 6) is -0.170. The van der Waals surface area contributed by atoms with E-state index in [9.17, 15) is 4.79 Å². The SMILES string of the molecule is CC1=CCCOC1=O.CO[SiH2]OC. The van der Waals surface area contributed by atoms with E-state index in [1.165, 1.54) is 0 Å². The minimum Gasteiger partial charge on any atom is -0.462 e. The van der Waals surface area contributed by atoms with Gasteiger partial charge in [0.2, 0.25) is 0 Å². The van der Waals surface area contributed by atoms with Gasteiger partial charge in [0.05, 0.1) is 6.61 Å². The molecule has 0 saturated heterocycles. The van der Waals surface area contributed by atoms with E-state index in [0.29, 0.717) is 6.61 Å². The summed E-state index contributed by atoms with van der Waals surface area (Å²) in [5.41, 5.74) is 0.733. The highest BCUT2D eigenvalue weighted by atomic mass is 28.3. The Morgan fingerprint density at radius 1 is 1.46 bits per heavy atom. The molecule has 0 aliphatic carbocycles. The highest BCUT2D eigenvalue weighted by Gasteiger charge is 2.08. The lowest BCUT2D eigenvalue weighted by Gasteiger charge is -2.07. The van der Waals surface area contributed by atoms with Crippen LogP contribution in [0, 0.1) is 0 Å². The molecule has 0 aromatic carbocycles. The van der Waals surface area contributed by atoms with Gasteiger partial charge in [-0.15, -0.1) is 0 Å². The van der Waals surface area contributed by atoms with Crippen molar-refractivity contribution < 1.29 is 18.4 Å². The average molecular weight is 204 g/mol. The van der Waals surface area contributed by atoms with Crippen molar-refractivity contribution in [3.8, 4) is 0 Å². The van der Waals surface area contributed by atoms with Crippen LogP contribution in [0.2, 0.25) is 0 Å². The van der Waals surface area contributed by atoms with E-state index in [2.05, 4.69) is 13.6 Å². The summed E-state index contributed by atoms with van der Waals surface area (Å²) in [6.07, 6.45) is 2.77. The quantitative estimate of drug-likeness (QED) is 0.475. The summed E-state index contributed by atoms with van der Waals surface area (Å²) in [6.45, 7) is 2.32. The third kappa shape index (κ3) is 6.50. The van der Waals surface area contributed by atoms with E-state index in [0.717, 1.165) is 12.0 Å². The van der Waals surface area contributed by atoms with Crippen molar-refractivity contribution in [2.75, 3.05) is 20.8 Å². The average Bonchev–Trinajstić information content (AvgIpc) is 2.13. The van der Waals surface area contributed by atoms with Crippen molar-refractivity contribution in [3.05, 3.63) is 11.6 Å². The van der Waals surface area contributed by atoms with Crippen LogP contribution in [0.4, 0.5) is 0 Å². The molecule has 1 heterocycles. The number of esters is 1. The van der Waals surface area contributed by atoms with Crippen LogP contribution < -0.4 is 0 Å². The number of rotatable bonds is 2. The second kappa shape index (κ2) is 7.97. The maximum absolute atomic E-state index is 10.5. The fourth-order valence-electron chi connectivity index (χ4n) is 0.742. The van der Waals surface area contributed by atoms with Crippen LogP contribution in [0.5, 0.6) is 0 Å². The molecule has 1 rings (SSSR count). The Bertz CT molecular complexity index is 177.